The van der Waals surface area contributed by atoms with E-state index in [0.717, 1.165) is 24.3 Å². The number of nitrogens with zero attached hydrogens (tertiary/aromatic N) is 3. The van der Waals surface area contributed by atoms with Gasteiger partial charge >= 0.3 is 11.9 Å². The maximum Gasteiger partial charge on any atom is 0.416 e. The number of amides is 1. The van der Waals surface area contributed by atoms with Crippen LogP contribution < -0.4 is 16.6 Å². The van der Waals surface area contributed by atoms with Gasteiger partial charge in [0.25, 0.3) is 11.5 Å². The summed E-state index contributed by atoms with van der Waals surface area (Å²) in [5, 5.41) is 6.11. The number of carbonyl (C=O) groups excluding carboxylic acids is 1. The van der Waals surface area contributed by atoms with E-state index >= 15 is 0 Å². The molecule has 0 aliphatic rings. The molecular formula is C21H18F4N4O4. The van der Waals surface area contributed by atoms with E-state index in [-0.39, 0.29) is 24.4 Å². The van der Waals surface area contributed by atoms with Gasteiger partial charge in [-0.05, 0) is 29.8 Å². The first-order valence-corrected chi connectivity index (χ1v) is 9.56. The number of aromatic nitrogens is 3. The van der Waals surface area contributed by atoms with Gasteiger partial charge in [0.1, 0.15) is 11.5 Å². The molecule has 0 aliphatic heterocycles. The van der Waals surface area contributed by atoms with E-state index in [4.69, 9.17) is 4.74 Å². The van der Waals surface area contributed by atoms with E-state index in [1.807, 2.05) is 0 Å². The maximum atomic E-state index is 14.4. The summed E-state index contributed by atoms with van der Waals surface area (Å²) in [6.45, 7) is -0.461. The molecule has 0 radical (unpaired) electrons. The number of hydrogen-bond acceptors (Lipinski definition) is 5. The maximum absolute atomic E-state index is 14.4. The van der Waals surface area contributed by atoms with E-state index < -0.39 is 47.0 Å². The molecular weight excluding hydrogens is 448 g/mol. The normalized spacial score (nSPS) is 11.4. The third-order valence-corrected chi connectivity index (χ3v) is 4.54. The summed E-state index contributed by atoms with van der Waals surface area (Å²) in [4.78, 5) is 38.4. The van der Waals surface area contributed by atoms with Gasteiger partial charge in [0, 0.05) is 13.7 Å². The first-order valence-electron chi connectivity index (χ1n) is 9.56. The van der Waals surface area contributed by atoms with Crippen molar-refractivity contribution in [3.05, 3.63) is 92.0 Å². The summed E-state index contributed by atoms with van der Waals surface area (Å²) in [7, 11) is 1.39. The smallest absolute Gasteiger partial charge is 0.383 e. The van der Waals surface area contributed by atoms with Gasteiger partial charge in [0.05, 0.1) is 18.7 Å². The zero-order chi connectivity index (χ0) is 24.2. The topological polar surface area (TPSA) is 95.2 Å². The molecule has 0 unspecified atom stereocenters. The van der Waals surface area contributed by atoms with Crippen LogP contribution in [0.25, 0.3) is 5.69 Å². The Balaban J connectivity index is 2.16. The fourth-order valence-corrected chi connectivity index (χ4v) is 2.96. The van der Waals surface area contributed by atoms with Gasteiger partial charge in [0.15, 0.2) is 0 Å². The Morgan fingerprint density at radius 2 is 1.85 bits per heavy atom. The number of ether oxygens (including phenoxy) is 1. The van der Waals surface area contributed by atoms with Crippen LogP contribution in [0.4, 0.5) is 17.6 Å². The lowest BCUT2D eigenvalue weighted by molar-refractivity contribution is -0.137. The van der Waals surface area contributed by atoms with E-state index in [2.05, 4.69) is 10.4 Å². The standard InChI is InChI=1S/C21H18F4N4O4/c1-33-10-9-26-18(30)17-19(31)28(12-13-5-4-6-14(11-13)21(23,24)25)20(32)29(27-17)16-8-3-2-7-15(16)22/h2-8,11H,9-10,12H2,1H3,(H,26,30). The molecule has 12 heteroatoms. The Bertz CT molecular complexity index is 1280. The van der Waals surface area contributed by atoms with Crippen molar-refractivity contribution in [3.8, 4) is 5.69 Å². The summed E-state index contributed by atoms with van der Waals surface area (Å²) in [5.74, 6) is -1.82. The summed E-state index contributed by atoms with van der Waals surface area (Å²) >= 11 is 0. The number of para-hydroxylation sites is 1. The summed E-state index contributed by atoms with van der Waals surface area (Å²) in [5.41, 5.74) is -4.35. The Kier molecular flexibility index (Phi) is 7.07. The molecule has 174 valence electrons. The molecule has 0 bridgehead atoms. The Hall–Kier alpha value is -3.80. The number of halogens is 4. The quantitative estimate of drug-likeness (QED) is 0.425. The van der Waals surface area contributed by atoms with Gasteiger partial charge in [0.2, 0.25) is 5.69 Å². The van der Waals surface area contributed by atoms with Crippen molar-refractivity contribution in [2.45, 2.75) is 12.7 Å². The first kappa shape index (κ1) is 23.9. The molecule has 8 nitrogen and oxygen atoms in total. The monoisotopic (exact) mass is 466 g/mol. The van der Waals surface area contributed by atoms with Crippen LogP contribution in [0, 0.1) is 5.82 Å². The zero-order valence-corrected chi connectivity index (χ0v) is 17.2. The van der Waals surface area contributed by atoms with E-state index in [0.29, 0.717) is 9.25 Å². The van der Waals surface area contributed by atoms with E-state index in [1.54, 1.807) is 0 Å². The van der Waals surface area contributed by atoms with Crippen molar-refractivity contribution in [2.24, 2.45) is 0 Å². The second-order valence-electron chi connectivity index (χ2n) is 6.83. The summed E-state index contributed by atoms with van der Waals surface area (Å²) in [6.07, 6.45) is -4.64. The molecule has 0 atom stereocenters. The molecule has 0 fully saturated rings. The minimum absolute atomic E-state index is 0.0168. The largest absolute Gasteiger partial charge is 0.416 e. The average Bonchev–Trinajstić information content (AvgIpc) is 2.77. The molecule has 1 aromatic heterocycles. The Morgan fingerprint density at radius 3 is 2.52 bits per heavy atom. The molecule has 0 saturated carbocycles. The molecule has 1 N–H and O–H groups in total. The predicted molar refractivity (Wildman–Crippen MR) is 109 cm³/mol. The van der Waals surface area contributed by atoms with Crippen molar-refractivity contribution in [2.75, 3.05) is 20.3 Å². The molecule has 1 amide bonds. The highest BCUT2D eigenvalue weighted by Crippen LogP contribution is 2.29. The van der Waals surface area contributed by atoms with Crippen LogP contribution >= 0.6 is 0 Å². The molecule has 0 saturated heterocycles. The van der Waals surface area contributed by atoms with Crippen LogP contribution in [-0.4, -0.2) is 40.5 Å². The fourth-order valence-electron chi connectivity index (χ4n) is 2.96. The molecule has 0 aliphatic carbocycles. The third-order valence-electron chi connectivity index (χ3n) is 4.54. The Morgan fingerprint density at radius 1 is 1.12 bits per heavy atom. The zero-order valence-electron chi connectivity index (χ0n) is 17.2. The molecule has 3 aromatic rings. The highest BCUT2D eigenvalue weighted by molar-refractivity contribution is 5.91. The Labute approximate surface area is 184 Å². The number of benzene rings is 2. The number of alkyl halides is 3. The highest BCUT2D eigenvalue weighted by Gasteiger charge is 2.30. The number of methoxy groups -OCH3 is 1. The average molecular weight is 466 g/mol. The van der Waals surface area contributed by atoms with E-state index in [1.165, 1.54) is 31.4 Å². The van der Waals surface area contributed by atoms with Gasteiger partial charge in [-0.3, -0.25) is 14.2 Å². The van der Waals surface area contributed by atoms with Gasteiger partial charge in [-0.15, -0.1) is 0 Å². The second-order valence-corrected chi connectivity index (χ2v) is 6.83. The number of carbonyl (C=O) groups is 1. The van der Waals surface area contributed by atoms with Gasteiger partial charge in [-0.25, -0.2) is 9.18 Å². The van der Waals surface area contributed by atoms with Gasteiger partial charge < -0.3 is 10.1 Å². The van der Waals surface area contributed by atoms with Gasteiger partial charge in [-0.1, -0.05) is 24.3 Å². The minimum Gasteiger partial charge on any atom is -0.383 e. The summed E-state index contributed by atoms with van der Waals surface area (Å²) < 4.78 is 59.4. The molecule has 33 heavy (non-hydrogen) atoms. The van der Waals surface area contributed by atoms with E-state index in [9.17, 15) is 31.9 Å². The number of hydrogen-bond donors (Lipinski definition) is 1. The van der Waals surface area contributed by atoms with Crippen molar-refractivity contribution in [3.63, 3.8) is 0 Å². The van der Waals surface area contributed by atoms with Crippen LogP contribution in [0.15, 0.2) is 58.1 Å². The molecule has 3 rings (SSSR count). The lowest BCUT2D eigenvalue weighted by atomic mass is 10.1. The van der Waals surface area contributed by atoms with Crippen LogP contribution in [0.1, 0.15) is 21.6 Å². The van der Waals surface area contributed by atoms with Crippen molar-refractivity contribution in [1.82, 2.24) is 19.7 Å². The number of rotatable bonds is 7. The predicted octanol–water partition coefficient (Wildman–Crippen LogP) is 1.98. The third kappa shape index (κ3) is 5.34. The van der Waals surface area contributed by atoms with Crippen molar-refractivity contribution >= 4 is 5.91 Å². The molecule has 0 spiro atoms. The number of nitrogens with one attached hydrogen (secondary N) is 1. The van der Waals surface area contributed by atoms with Gasteiger partial charge in [-0.2, -0.15) is 23.0 Å². The SMILES string of the molecule is COCCNC(=O)c1nn(-c2ccccc2F)c(=O)n(Cc2cccc(C(F)(F)F)c2)c1=O. The molecule has 2 aromatic carbocycles. The van der Waals surface area contributed by atoms with Crippen LogP contribution in [0.2, 0.25) is 0 Å². The van der Waals surface area contributed by atoms with Crippen molar-refractivity contribution in [1.29, 1.82) is 0 Å². The lowest BCUT2D eigenvalue weighted by Crippen LogP contribution is -2.46. The molecule has 1 heterocycles. The first-order chi connectivity index (χ1) is 15.6. The lowest BCUT2D eigenvalue weighted by Gasteiger charge is -2.13. The second kappa shape index (κ2) is 9.77. The minimum atomic E-state index is -4.64. The van der Waals surface area contributed by atoms with Crippen molar-refractivity contribution < 1.29 is 27.1 Å². The van der Waals surface area contributed by atoms with Crippen LogP contribution in [-0.2, 0) is 17.5 Å². The fraction of sp³-hybridized carbons (Fsp3) is 0.238. The van der Waals surface area contributed by atoms with Crippen LogP contribution in [0.5, 0.6) is 0 Å². The highest BCUT2D eigenvalue weighted by atomic mass is 19.4. The van der Waals surface area contributed by atoms with Crippen LogP contribution in [0.3, 0.4) is 0 Å². The summed E-state index contributed by atoms with van der Waals surface area (Å²) in [6, 6.07) is 9.04.